The molecule has 1 saturated carbocycles. The van der Waals surface area contributed by atoms with Crippen molar-refractivity contribution in [1.29, 1.82) is 0 Å². The Morgan fingerprint density at radius 1 is 0.967 bits per heavy atom. The number of carbonyl (C=O) groups excluding carboxylic acids is 1. The zero-order valence-electron chi connectivity index (χ0n) is 18.3. The highest BCUT2D eigenvalue weighted by Gasteiger charge is 2.28. The summed E-state index contributed by atoms with van der Waals surface area (Å²) in [7, 11) is 1.84. The van der Waals surface area contributed by atoms with Gasteiger partial charge in [0.25, 0.3) is 0 Å². The van der Waals surface area contributed by atoms with Crippen LogP contribution in [-0.4, -0.2) is 42.1 Å². The van der Waals surface area contributed by atoms with Gasteiger partial charge >= 0.3 is 6.09 Å². The molecule has 1 fully saturated rings. The molecule has 3 rings (SSSR count). The van der Waals surface area contributed by atoms with Crippen molar-refractivity contribution in [3.8, 4) is 5.75 Å². The molecule has 0 heterocycles. The lowest BCUT2D eigenvalue weighted by Crippen LogP contribution is -2.40. The molecule has 0 spiro atoms. The van der Waals surface area contributed by atoms with Crippen molar-refractivity contribution in [2.24, 2.45) is 0 Å². The van der Waals surface area contributed by atoms with Crippen molar-refractivity contribution >= 4 is 17.7 Å². The van der Waals surface area contributed by atoms with E-state index in [1.165, 1.54) is 11.1 Å². The molecule has 0 bridgehead atoms. The largest absolute Gasteiger partial charge is 0.415 e. The normalized spacial score (nSPS) is 19.0. The predicted octanol–water partition coefficient (Wildman–Crippen LogP) is 6.34. The quantitative estimate of drug-likeness (QED) is 0.515. The molecule has 0 atom stereocenters. The first-order chi connectivity index (χ1) is 14.5. The van der Waals surface area contributed by atoms with Gasteiger partial charge < -0.3 is 9.64 Å². The van der Waals surface area contributed by atoms with E-state index in [4.69, 9.17) is 16.3 Å². The topological polar surface area (TPSA) is 32.8 Å². The van der Waals surface area contributed by atoms with Gasteiger partial charge in [-0.2, -0.15) is 0 Å². The summed E-state index contributed by atoms with van der Waals surface area (Å²) in [5.74, 6) is 1.10. The van der Waals surface area contributed by atoms with E-state index in [0.717, 1.165) is 45.3 Å². The standard InChI is InChI=1S/C25H33ClN2O2/c1-4-28(5-2)18-19-6-8-20(9-7-19)21-10-14-23(15-11-21)27(3)25(29)30-24-16-12-22(26)13-17-24/h6-9,12-13,16-17,21,23H,4-5,10-11,14-15,18H2,1-3H3. The summed E-state index contributed by atoms with van der Waals surface area (Å²) in [6.45, 7) is 7.59. The van der Waals surface area contributed by atoms with Crippen LogP contribution in [0.4, 0.5) is 4.79 Å². The maximum atomic E-state index is 12.5. The second kappa shape index (κ2) is 10.8. The Hall–Kier alpha value is -2.04. The van der Waals surface area contributed by atoms with Crippen LogP contribution in [0, 0.1) is 0 Å². The Morgan fingerprint density at radius 3 is 2.13 bits per heavy atom. The van der Waals surface area contributed by atoms with Crippen LogP contribution < -0.4 is 4.74 Å². The molecule has 0 aliphatic heterocycles. The maximum absolute atomic E-state index is 12.5. The highest BCUT2D eigenvalue weighted by Crippen LogP contribution is 2.35. The summed E-state index contributed by atoms with van der Waals surface area (Å²) in [5.41, 5.74) is 2.80. The molecular formula is C25H33ClN2O2. The van der Waals surface area contributed by atoms with Crippen molar-refractivity contribution in [3.63, 3.8) is 0 Å². The third kappa shape index (κ3) is 5.99. The molecular weight excluding hydrogens is 396 g/mol. The molecule has 30 heavy (non-hydrogen) atoms. The Kier molecular flexibility index (Phi) is 8.17. The fourth-order valence-electron chi connectivity index (χ4n) is 4.22. The summed E-state index contributed by atoms with van der Waals surface area (Å²) in [5, 5.41) is 0.627. The first kappa shape index (κ1) is 22.6. The molecule has 1 aliphatic rings. The first-order valence-corrected chi connectivity index (χ1v) is 11.4. The van der Waals surface area contributed by atoms with Crippen LogP contribution in [0.3, 0.4) is 0 Å². The van der Waals surface area contributed by atoms with E-state index >= 15 is 0 Å². The number of rotatable bonds is 7. The number of ether oxygens (including phenoxy) is 1. The predicted molar refractivity (Wildman–Crippen MR) is 123 cm³/mol. The van der Waals surface area contributed by atoms with Crippen molar-refractivity contribution < 1.29 is 9.53 Å². The Labute approximate surface area is 185 Å². The van der Waals surface area contributed by atoms with E-state index in [2.05, 4.69) is 43.0 Å². The average molecular weight is 429 g/mol. The van der Waals surface area contributed by atoms with E-state index in [1.807, 2.05) is 7.05 Å². The monoisotopic (exact) mass is 428 g/mol. The van der Waals surface area contributed by atoms with Crippen LogP contribution in [0.2, 0.25) is 5.02 Å². The van der Waals surface area contributed by atoms with E-state index < -0.39 is 0 Å². The van der Waals surface area contributed by atoms with Crippen molar-refractivity contribution in [2.45, 2.75) is 58.0 Å². The lowest BCUT2D eigenvalue weighted by Gasteiger charge is -2.34. The van der Waals surface area contributed by atoms with Crippen LogP contribution in [0.25, 0.3) is 0 Å². The minimum absolute atomic E-state index is 0.225. The summed E-state index contributed by atoms with van der Waals surface area (Å²) in [6.07, 6.45) is 3.88. The van der Waals surface area contributed by atoms with E-state index in [1.54, 1.807) is 29.2 Å². The van der Waals surface area contributed by atoms with Gasteiger partial charge in [-0.3, -0.25) is 4.90 Å². The molecule has 2 aromatic rings. The number of benzene rings is 2. The van der Waals surface area contributed by atoms with Gasteiger partial charge in [0.15, 0.2) is 0 Å². The van der Waals surface area contributed by atoms with Crippen LogP contribution >= 0.6 is 11.6 Å². The molecule has 2 aromatic carbocycles. The third-order valence-electron chi connectivity index (χ3n) is 6.30. The van der Waals surface area contributed by atoms with Gasteiger partial charge in [0.2, 0.25) is 0 Å². The highest BCUT2D eigenvalue weighted by molar-refractivity contribution is 6.30. The van der Waals surface area contributed by atoms with Gasteiger partial charge in [-0.05, 0) is 80.1 Å². The minimum Gasteiger partial charge on any atom is -0.410 e. The van der Waals surface area contributed by atoms with Gasteiger partial charge in [0.1, 0.15) is 5.75 Å². The van der Waals surface area contributed by atoms with Crippen LogP contribution in [0.15, 0.2) is 48.5 Å². The molecule has 0 N–H and O–H groups in total. The lowest BCUT2D eigenvalue weighted by atomic mass is 9.81. The van der Waals surface area contributed by atoms with Gasteiger partial charge in [-0.15, -0.1) is 0 Å². The average Bonchev–Trinajstić information content (AvgIpc) is 2.79. The summed E-state index contributed by atoms with van der Waals surface area (Å²) in [4.78, 5) is 16.7. The van der Waals surface area contributed by atoms with Crippen molar-refractivity contribution in [3.05, 3.63) is 64.7 Å². The van der Waals surface area contributed by atoms with Crippen molar-refractivity contribution in [2.75, 3.05) is 20.1 Å². The molecule has 0 unspecified atom stereocenters. The molecule has 1 aliphatic carbocycles. The lowest BCUT2D eigenvalue weighted by molar-refractivity contribution is 0.130. The van der Waals surface area contributed by atoms with Gasteiger partial charge in [-0.25, -0.2) is 4.79 Å². The molecule has 5 heteroatoms. The molecule has 0 saturated heterocycles. The number of hydrogen-bond acceptors (Lipinski definition) is 3. The van der Waals surface area contributed by atoms with E-state index in [-0.39, 0.29) is 12.1 Å². The third-order valence-corrected chi connectivity index (χ3v) is 6.55. The summed E-state index contributed by atoms with van der Waals surface area (Å²) in [6, 6.07) is 16.2. The van der Waals surface area contributed by atoms with Crippen LogP contribution in [0.1, 0.15) is 56.6 Å². The molecule has 1 amide bonds. The van der Waals surface area contributed by atoms with Gasteiger partial charge in [0.05, 0.1) is 0 Å². The smallest absolute Gasteiger partial charge is 0.410 e. The number of halogens is 1. The fraction of sp³-hybridized carbons (Fsp3) is 0.480. The number of amides is 1. The second-order valence-corrected chi connectivity index (χ2v) is 8.58. The number of carbonyl (C=O) groups is 1. The van der Waals surface area contributed by atoms with Crippen molar-refractivity contribution in [1.82, 2.24) is 9.80 Å². The summed E-state index contributed by atoms with van der Waals surface area (Å²) >= 11 is 5.89. The number of nitrogens with zero attached hydrogens (tertiary/aromatic N) is 2. The Bertz CT molecular complexity index is 795. The molecule has 162 valence electrons. The molecule has 4 nitrogen and oxygen atoms in total. The zero-order valence-corrected chi connectivity index (χ0v) is 19.1. The zero-order chi connectivity index (χ0) is 21.5. The van der Waals surface area contributed by atoms with Gasteiger partial charge in [-0.1, -0.05) is 49.7 Å². The molecule has 0 aromatic heterocycles. The van der Waals surface area contributed by atoms with Gasteiger partial charge in [0, 0.05) is 24.7 Å². The summed E-state index contributed by atoms with van der Waals surface area (Å²) < 4.78 is 5.48. The maximum Gasteiger partial charge on any atom is 0.415 e. The Morgan fingerprint density at radius 2 is 1.57 bits per heavy atom. The Balaban J connectivity index is 1.50. The minimum atomic E-state index is -0.304. The SMILES string of the molecule is CCN(CC)Cc1ccc(C2CCC(N(C)C(=O)Oc3ccc(Cl)cc3)CC2)cc1. The highest BCUT2D eigenvalue weighted by atomic mass is 35.5. The first-order valence-electron chi connectivity index (χ1n) is 11.0. The van der Waals surface area contributed by atoms with E-state index in [0.29, 0.717) is 16.7 Å². The van der Waals surface area contributed by atoms with Crippen LogP contribution in [-0.2, 0) is 6.54 Å². The fourth-order valence-corrected chi connectivity index (χ4v) is 4.35. The van der Waals surface area contributed by atoms with E-state index in [9.17, 15) is 4.79 Å². The molecule has 0 radical (unpaired) electrons. The number of hydrogen-bond donors (Lipinski definition) is 0. The van der Waals surface area contributed by atoms with Crippen LogP contribution in [0.5, 0.6) is 5.75 Å². The second-order valence-electron chi connectivity index (χ2n) is 8.14.